The first-order valence-electron chi connectivity index (χ1n) is 7.42. The molecular formula is C18H22N2O2. The number of aliphatic hydroxyl groups is 1. The summed E-state index contributed by atoms with van der Waals surface area (Å²) in [5, 5.41) is 12.7. The fourth-order valence-electron chi connectivity index (χ4n) is 2.11. The SMILES string of the molecule is CC(C)(O)CCc1cccc(C(=O)NCc2cccnc2)c1. The Morgan fingerprint density at radius 3 is 2.68 bits per heavy atom. The third kappa shape index (κ3) is 5.30. The molecule has 116 valence electrons. The van der Waals surface area contributed by atoms with Gasteiger partial charge in [-0.25, -0.2) is 0 Å². The van der Waals surface area contributed by atoms with E-state index in [0.717, 1.165) is 17.5 Å². The van der Waals surface area contributed by atoms with Crippen LogP contribution in [0.15, 0.2) is 48.8 Å². The molecule has 0 fully saturated rings. The molecule has 0 saturated carbocycles. The van der Waals surface area contributed by atoms with E-state index in [9.17, 15) is 9.90 Å². The summed E-state index contributed by atoms with van der Waals surface area (Å²) in [6.07, 6.45) is 4.85. The predicted octanol–water partition coefficient (Wildman–Crippen LogP) is 2.72. The number of pyridine rings is 1. The highest BCUT2D eigenvalue weighted by Crippen LogP contribution is 2.14. The Morgan fingerprint density at radius 2 is 2.00 bits per heavy atom. The predicted molar refractivity (Wildman–Crippen MR) is 86.5 cm³/mol. The Labute approximate surface area is 131 Å². The lowest BCUT2D eigenvalue weighted by molar-refractivity contribution is 0.0714. The Kier molecular flexibility index (Phi) is 5.28. The number of aromatic nitrogens is 1. The first-order valence-corrected chi connectivity index (χ1v) is 7.42. The molecule has 2 aromatic rings. The summed E-state index contributed by atoms with van der Waals surface area (Å²) in [6, 6.07) is 11.3. The number of carbonyl (C=O) groups excluding carboxylic acids is 1. The molecule has 0 aliphatic rings. The van der Waals surface area contributed by atoms with Gasteiger partial charge < -0.3 is 10.4 Å². The maximum Gasteiger partial charge on any atom is 0.251 e. The van der Waals surface area contributed by atoms with Crippen LogP contribution in [0.5, 0.6) is 0 Å². The minimum absolute atomic E-state index is 0.103. The van der Waals surface area contributed by atoms with Crippen molar-refractivity contribution in [3.63, 3.8) is 0 Å². The smallest absolute Gasteiger partial charge is 0.251 e. The molecule has 0 unspecified atom stereocenters. The van der Waals surface area contributed by atoms with Crippen LogP contribution in [0.25, 0.3) is 0 Å². The largest absolute Gasteiger partial charge is 0.390 e. The van der Waals surface area contributed by atoms with E-state index in [0.29, 0.717) is 18.5 Å². The van der Waals surface area contributed by atoms with Crippen LogP contribution in [0.1, 0.15) is 41.8 Å². The first kappa shape index (κ1) is 16.2. The normalized spacial score (nSPS) is 11.2. The highest BCUT2D eigenvalue weighted by atomic mass is 16.3. The van der Waals surface area contributed by atoms with Crippen molar-refractivity contribution in [3.8, 4) is 0 Å². The van der Waals surface area contributed by atoms with Crippen molar-refractivity contribution in [3.05, 3.63) is 65.5 Å². The van der Waals surface area contributed by atoms with Gasteiger partial charge in [0.05, 0.1) is 5.60 Å². The van der Waals surface area contributed by atoms with E-state index in [2.05, 4.69) is 10.3 Å². The average molecular weight is 298 g/mol. The van der Waals surface area contributed by atoms with Crippen molar-refractivity contribution >= 4 is 5.91 Å². The zero-order valence-electron chi connectivity index (χ0n) is 13.0. The van der Waals surface area contributed by atoms with E-state index in [1.54, 1.807) is 32.3 Å². The molecule has 1 heterocycles. The van der Waals surface area contributed by atoms with Crippen molar-refractivity contribution in [1.82, 2.24) is 10.3 Å². The van der Waals surface area contributed by atoms with Crippen molar-refractivity contribution in [2.45, 2.75) is 38.8 Å². The molecule has 0 aliphatic heterocycles. The van der Waals surface area contributed by atoms with Crippen LogP contribution in [0.2, 0.25) is 0 Å². The number of rotatable bonds is 6. The topological polar surface area (TPSA) is 62.2 Å². The van der Waals surface area contributed by atoms with Gasteiger partial charge in [-0.05, 0) is 56.0 Å². The van der Waals surface area contributed by atoms with E-state index in [-0.39, 0.29) is 5.91 Å². The van der Waals surface area contributed by atoms with Gasteiger partial charge in [0, 0.05) is 24.5 Å². The molecule has 2 N–H and O–H groups in total. The molecule has 1 aromatic carbocycles. The third-order valence-corrected chi connectivity index (χ3v) is 3.39. The van der Waals surface area contributed by atoms with Crippen LogP contribution in [-0.2, 0) is 13.0 Å². The van der Waals surface area contributed by atoms with E-state index in [1.807, 2.05) is 30.3 Å². The maximum absolute atomic E-state index is 12.2. The molecule has 4 nitrogen and oxygen atoms in total. The van der Waals surface area contributed by atoms with Crippen LogP contribution in [0, 0.1) is 0 Å². The van der Waals surface area contributed by atoms with Crippen molar-refractivity contribution in [1.29, 1.82) is 0 Å². The zero-order valence-corrected chi connectivity index (χ0v) is 13.0. The molecule has 0 aliphatic carbocycles. The Balaban J connectivity index is 1.95. The number of aryl methyl sites for hydroxylation is 1. The van der Waals surface area contributed by atoms with E-state index < -0.39 is 5.60 Å². The Bertz CT molecular complexity index is 618. The van der Waals surface area contributed by atoms with Gasteiger partial charge in [-0.15, -0.1) is 0 Å². The molecule has 0 atom stereocenters. The monoisotopic (exact) mass is 298 g/mol. The number of hydrogen-bond donors (Lipinski definition) is 2. The van der Waals surface area contributed by atoms with Gasteiger partial charge >= 0.3 is 0 Å². The number of nitrogens with zero attached hydrogens (tertiary/aromatic N) is 1. The molecule has 0 bridgehead atoms. The molecular weight excluding hydrogens is 276 g/mol. The molecule has 1 aromatic heterocycles. The summed E-state index contributed by atoms with van der Waals surface area (Å²) in [5.74, 6) is -0.103. The van der Waals surface area contributed by atoms with Crippen molar-refractivity contribution in [2.75, 3.05) is 0 Å². The molecule has 0 saturated heterocycles. The van der Waals surface area contributed by atoms with Gasteiger partial charge in [-0.2, -0.15) is 0 Å². The number of amides is 1. The average Bonchev–Trinajstić information content (AvgIpc) is 2.51. The second-order valence-electron chi connectivity index (χ2n) is 6.06. The summed E-state index contributed by atoms with van der Waals surface area (Å²) >= 11 is 0. The van der Waals surface area contributed by atoms with Crippen LogP contribution in [0.3, 0.4) is 0 Å². The van der Waals surface area contributed by atoms with Crippen LogP contribution >= 0.6 is 0 Å². The van der Waals surface area contributed by atoms with Gasteiger partial charge in [0.25, 0.3) is 5.91 Å². The molecule has 4 heteroatoms. The summed E-state index contributed by atoms with van der Waals surface area (Å²) in [6.45, 7) is 4.04. The van der Waals surface area contributed by atoms with Gasteiger partial charge in [0.1, 0.15) is 0 Å². The van der Waals surface area contributed by atoms with Crippen LogP contribution < -0.4 is 5.32 Å². The van der Waals surface area contributed by atoms with Crippen LogP contribution in [-0.4, -0.2) is 21.6 Å². The zero-order chi connectivity index (χ0) is 16.0. The second-order valence-corrected chi connectivity index (χ2v) is 6.06. The molecule has 1 amide bonds. The number of carbonyl (C=O) groups is 1. The second kappa shape index (κ2) is 7.18. The maximum atomic E-state index is 12.2. The molecule has 2 rings (SSSR count). The summed E-state index contributed by atoms with van der Waals surface area (Å²) in [7, 11) is 0. The van der Waals surface area contributed by atoms with E-state index in [1.165, 1.54) is 0 Å². The minimum Gasteiger partial charge on any atom is -0.390 e. The van der Waals surface area contributed by atoms with Gasteiger partial charge in [-0.1, -0.05) is 18.2 Å². The molecule has 0 spiro atoms. The third-order valence-electron chi connectivity index (χ3n) is 3.39. The van der Waals surface area contributed by atoms with Crippen molar-refractivity contribution < 1.29 is 9.90 Å². The fraction of sp³-hybridized carbons (Fsp3) is 0.333. The Morgan fingerprint density at radius 1 is 1.23 bits per heavy atom. The fourth-order valence-corrected chi connectivity index (χ4v) is 2.11. The van der Waals surface area contributed by atoms with E-state index >= 15 is 0 Å². The minimum atomic E-state index is -0.696. The lowest BCUT2D eigenvalue weighted by Crippen LogP contribution is -2.23. The standard InChI is InChI=1S/C18H22N2O2/c1-18(2,22)9-8-14-5-3-7-16(11-14)17(21)20-13-15-6-4-10-19-12-15/h3-7,10-12,22H,8-9,13H2,1-2H3,(H,20,21). The summed E-state index contributed by atoms with van der Waals surface area (Å²) < 4.78 is 0. The van der Waals surface area contributed by atoms with Gasteiger partial charge in [0.15, 0.2) is 0 Å². The summed E-state index contributed by atoms with van der Waals surface area (Å²) in [4.78, 5) is 16.2. The van der Waals surface area contributed by atoms with Gasteiger partial charge in [0.2, 0.25) is 0 Å². The lowest BCUT2D eigenvalue weighted by Gasteiger charge is -2.16. The van der Waals surface area contributed by atoms with E-state index in [4.69, 9.17) is 0 Å². The quantitative estimate of drug-likeness (QED) is 0.862. The van der Waals surface area contributed by atoms with Crippen LogP contribution in [0.4, 0.5) is 0 Å². The van der Waals surface area contributed by atoms with Gasteiger partial charge in [-0.3, -0.25) is 9.78 Å². The molecule has 0 radical (unpaired) electrons. The molecule has 22 heavy (non-hydrogen) atoms. The number of hydrogen-bond acceptors (Lipinski definition) is 3. The van der Waals surface area contributed by atoms with Crippen molar-refractivity contribution in [2.24, 2.45) is 0 Å². The number of nitrogens with one attached hydrogen (secondary N) is 1. The summed E-state index contributed by atoms with van der Waals surface area (Å²) in [5.41, 5.74) is 1.96. The Hall–Kier alpha value is -2.20. The highest BCUT2D eigenvalue weighted by molar-refractivity contribution is 5.94. The highest BCUT2D eigenvalue weighted by Gasteiger charge is 2.13. The lowest BCUT2D eigenvalue weighted by atomic mass is 9.98. The first-order chi connectivity index (χ1) is 10.4. The number of benzene rings is 1.